The highest BCUT2D eigenvalue weighted by Crippen LogP contribution is 2.26. The molecule has 4 nitrogen and oxygen atoms in total. The van der Waals surface area contributed by atoms with Gasteiger partial charge in [-0.25, -0.2) is 4.98 Å². The minimum atomic E-state index is 0.706. The highest BCUT2D eigenvalue weighted by Gasteiger charge is 2.20. The summed E-state index contributed by atoms with van der Waals surface area (Å²) in [7, 11) is 1.86. The average molecular weight is 248 g/mol. The van der Waals surface area contributed by atoms with Crippen LogP contribution in [0.15, 0.2) is 12.3 Å². The third-order valence-electron chi connectivity index (χ3n) is 3.90. The Morgan fingerprint density at radius 2 is 2.17 bits per heavy atom. The third-order valence-corrected chi connectivity index (χ3v) is 3.90. The van der Waals surface area contributed by atoms with Crippen molar-refractivity contribution >= 4 is 11.8 Å². The van der Waals surface area contributed by atoms with Gasteiger partial charge in [0.05, 0.1) is 0 Å². The van der Waals surface area contributed by atoms with E-state index < -0.39 is 0 Å². The molecule has 1 unspecified atom stereocenters. The van der Waals surface area contributed by atoms with Crippen LogP contribution in [0.2, 0.25) is 0 Å². The minimum Gasteiger partial charge on any atom is -0.357 e. The minimum absolute atomic E-state index is 0.706. The highest BCUT2D eigenvalue weighted by atomic mass is 15.2. The summed E-state index contributed by atoms with van der Waals surface area (Å²) in [5.41, 5.74) is 0. The molecule has 0 amide bonds. The summed E-state index contributed by atoms with van der Waals surface area (Å²) in [5.74, 6) is 3.42. The first-order chi connectivity index (χ1) is 8.70. The molecule has 18 heavy (non-hydrogen) atoms. The van der Waals surface area contributed by atoms with E-state index >= 15 is 0 Å². The Kier molecular flexibility index (Phi) is 4.39. The Balaban J connectivity index is 2.04. The summed E-state index contributed by atoms with van der Waals surface area (Å²) in [6, 6.07) is 2.01. The van der Waals surface area contributed by atoms with Crippen LogP contribution in [-0.2, 0) is 0 Å². The maximum atomic E-state index is 4.53. The van der Waals surface area contributed by atoms with Crippen molar-refractivity contribution in [2.45, 2.75) is 33.1 Å². The molecule has 0 spiro atoms. The summed E-state index contributed by atoms with van der Waals surface area (Å²) in [6.07, 6.45) is 5.72. The van der Waals surface area contributed by atoms with Crippen molar-refractivity contribution in [3.05, 3.63) is 12.3 Å². The number of rotatable bonds is 3. The number of hydrogen-bond donors (Lipinski definition) is 1. The Bertz CT molecular complexity index is 378. The van der Waals surface area contributed by atoms with E-state index in [0.29, 0.717) is 5.95 Å². The maximum Gasteiger partial charge on any atom is 0.224 e. The predicted molar refractivity (Wildman–Crippen MR) is 76.0 cm³/mol. The molecule has 1 aromatic heterocycles. The molecular weight excluding hydrogens is 224 g/mol. The predicted octanol–water partition coefficient (Wildman–Crippen LogP) is 2.78. The van der Waals surface area contributed by atoms with E-state index in [4.69, 9.17) is 0 Å². The van der Waals surface area contributed by atoms with E-state index in [1.165, 1.54) is 19.3 Å². The van der Waals surface area contributed by atoms with Crippen molar-refractivity contribution in [2.24, 2.45) is 11.8 Å². The molecule has 0 aliphatic carbocycles. The summed E-state index contributed by atoms with van der Waals surface area (Å²) in [6.45, 7) is 6.90. The quantitative estimate of drug-likeness (QED) is 0.893. The van der Waals surface area contributed by atoms with E-state index in [1.807, 2.05) is 19.3 Å². The van der Waals surface area contributed by atoms with E-state index in [9.17, 15) is 0 Å². The fraction of sp³-hybridized carbons (Fsp3) is 0.714. The fourth-order valence-corrected chi connectivity index (χ4v) is 2.66. The molecule has 1 aliphatic heterocycles. The lowest BCUT2D eigenvalue weighted by Gasteiger charge is -2.22. The van der Waals surface area contributed by atoms with Crippen LogP contribution in [0.3, 0.4) is 0 Å². The first-order valence-electron chi connectivity index (χ1n) is 6.96. The third kappa shape index (κ3) is 3.12. The SMILES string of the molecule is CNc1nccc(N2CCCC(C(C)C)CC2)n1. The van der Waals surface area contributed by atoms with E-state index in [1.54, 1.807) is 0 Å². The normalized spacial score (nSPS) is 20.9. The first-order valence-corrected chi connectivity index (χ1v) is 6.96. The summed E-state index contributed by atoms with van der Waals surface area (Å²) < 4.78 is 0. The Morgan fingerprint density at radius 1 is 1.33 bits per heavy atom. The summed E-state index contributed by atoms with van der Waals surface area (Å²) in [5, 5.41) is 3.00. The van der Waals surface area contributed by atoms with Gasteiger partial charge >= 0.3 is 0 Å². The lowest BCUT2D eigenvalue weighted by Crippen LogP contribution is -2.25. The van der Waals surface area contributed by atoms with Crippen LogP contribution in [-0.4, -0.2) is 30.1 Å². The molecule has 1 N–H and O–H groups in total. The van der Waals surface area contributed by atoms with Gasteiger partial charge in [-0.2, -0.15) is 4.98 Å². The second-order valence-corrected chi connectivity index (χ2v) is 5.41. The van der Waals surface area contributed by atoms with Gasteiger partial charge in [-0.3, -0.25) is 0 Å². The molecule has 1 saturated heterocycles. The van der Waals surface area contributed by atoms with Crippen LogP contribution in [0, 0.1) is 11.8 Å². The lowest BCUT2D eigenvalue weighted by atomic mass is 9.89. The molecule has 0 radical (unpaired) electrons. The molecule has 4 heteroatoms. The maximum absolute atomic E-state index is 4.53. The molecule has 0 aromatic carbocycles. The monoisotopic (exact) mass is 248 g/mol. The van der Waals surface area contributed by atoms with Crippen LogP contribution < -0.4 is 10.2 Å². The number of hydrogen-bond acceptors (Lipinski definition) is 4. The van der Waals surface area contributed by atoms with Crippen LogP contribution >= 0.6 is 0 Å². The van der Waals surface area contributed by atoms with Crippen LogP contribution in [0.4, 0.5) is 11.8 Å². The smallest absolute Gasteiger partial charge is 0.224 e. The zero-order chi connectivity index (χ0) is 13.0. The summed E-state index contributed by atoms with van der Waals surface area (Å²) in [4.78, 5) is 11.1. The van der Waals surface area contributed by atoms with Crippen molar-refractivity contribution in [2.75, 3.05) is 30.4 Å². The molecule has 100 valence electrons. The molecule has 1 aromatic rings. The molecule has 0 bridgehead atoms. The van der Waals surface area contributed by atoms with E-state index in [0.717, 1.165) is 30.7 Å². The Hall–Kier alpha value is -1.32. The molecule has 1 fully saturated rings. The van der Waals surface area contributed by atoms with Crippen LogP contribution in [0.1, 0.15) is 33.1 Å². The largest absolute Gasteiger partial charge is 0.357 e. The fourth-order valence-electron chi connectivity index (χ4n) is 2.66. The van der Waals surface area contributed by atoms with Gasteiger partial charge in [0.1, 0.15) is 5.82 Å². The van der Waals surface area contributed by atoms with Gasteiger partial charge < -0.3 is 10.2 Å². The van der Waals surface area contributed by atoms with E-state index in [2.05, 4.69) is 34.0 Å². The van der Waals surface area contributed by atoms with Crippen molar-refractivity contribution < 1.29 is 0 Å². The van der Waals surface area contributed by atoms with Gasteiger partial charge in [0, 0.05) is 26.3 Å². The topological polar surface area (TPSA) is 41.1 Å². The van der Waals surface area contributed by atoms with Gasteiger partial charge in [-0.1, -0.05) is 13.8 Å². The number of nitrogens with one attached hydrogen (secondary N) is 1. The second-order valence-electron chi connectivity index (χ2n) is 5.41. The van der Waals surface area contributed by atoms with Crippen molar-refractivity contribution in [1.82, 2.24) is 9.97 Å². The molecule has 1 aliphatic rings. The zero-order valence-corrected chi connectivity index (χ0v) is 11.7. The molecular formula is C14H24N4. The van der Waals surface area contributed by atoms with Crippen molar-refractivity contribution in [1.29, 1.82) is 0 Å². The van der Waals surface area contributed by atoms with Gasteiger partial charge in [-0.15, -0.1) is 0 Å². The first kappa shape index (κ1) is 13.1. The standard InChI is InChI=1S/C14H24N4/c1-11(2)12-5-4-9-18(10-7-12)13-6-8-16-14(15-3)17-13/h6,8,11-12H,4-5,7,9-10H2,1-3H3,(H,15,16,17). The Labute approximate surface area is 110 Å². The number of anilines is 2. The van der Waals surface area contributed by atoms with Gasteiger partial charge in [-0.05, 0) is 37.2 Å². The van der Waals surface area contributed by atoms with Crippen LogP contribution in [0.25, 0.3) is 0 Å². The number of aromatic nitrogens is 2. The molecule has 2 rings (SSSR count). The molecule has 0 saturated carbocycles. The number of nitrogens with zero attached hydrogens (tertiary/aromatic N) is 3. The summed E-state index contributed by atoms with van der Waals surface area (Å²) >= 11 is 0. The van der Waals surface area contributed by atoms with Gasteiger partial charge in [0.25, 0.3) is 0 Å². The van der Waals surface area contributed by atoms with Crippen LogP contribution in [0.5, 0.6) is 0 Å². The highest BCUT2D eigenvalue weighted by molar-refractivity contribution is 5.42. The molecule has 1 atom stereocenters. The van der Waals surface area contributed by atoms with E-state index in [-0.39, 0.29) is 0 Å². The van der Waals surface area contributed by atoms with Gasteiger partial charge in [0.15, 0.2) is 0 Å². The zero-order valence-electron chi connectivity index (χ0n) is 11.7. The Morgan fingerprint density at radius 3 is 2.89 bits per heavy atom. The second kappa shape index (κ2) is 6.03. The van der Waals surface area contributed by atoms with Gasteiger partial charge in [0.2, 0.25) is 5.95 Å². The average Bonchev–Trinajstić information content (AvgIpc) is 2.64. The lowest BCUT2D eigenvalue weighted by molar-refractivity contribution is 0.351. The van der Waals surface area contributed by atoms with Crippen molar-refractivity contribution in [3.8, 4) is 0 Å². The van der Waals surface area contributed by atoms with Crippen molar-refractivity contribution in [3.63, 3.8) is 0 Å². The molecule has 2 heterocycles.